The molecule has 0 aromatic heterocycles. The van der Waals surface area contributed by atoms with E-state index < -0.39 is 67.3 Å². The Labute approximate surface area is 329 Å². The molecule has 0 aromatic rings. The number of fused-ring (bicyclic) bond motifs is 1. The van der Waals surface area contributed by atoms with Crippen LogP contribution in [0.4, 0.5) is 4.79 Å². The summed E-state index contributed by atoms with van der Waals surface area (Å²) in [5.41, 5.74) is -1.75. The van der Waals surface area contributed by atoms with E-state index in [9.17, 15) is 27.6 Å². The van der Waals surface area contributed by atoms with E-state index in [2.05, 4.69) is 41.0 Å². The highest BCUT2D eigenvalue weighted by molar-refractivity contribution is 7.92. The second-order valence-corrected chi connectivity index (χ2v) is 21.6. The van der Waals surface area contributed by atoms with Gasteiger partial charge in [-0.05, 0) is 81.0 Å². The molecule has 0 aromatic carbocycles. The van der Waals surface area contributed by atoms with E-state index >= 15 is 4.79 Å². The number of piperidine rings is 1. The molecule has 5 rings (SSSR count). The zero-order chi connectivity index (χ0) is 40.4. The number of Topliss-reactive ketones (excluding diaryl/α,β-unsaturated/α-hetero) is 1. The molecule has 0 radical (unpaired) electrons. The van der Waals surface area contributed by atoms with E-state index in [1.54, 1.807) is 18.7 Å². The van der Waals surface area contributed by atoms with E-state index in [0.717, 1.165) is 57.8 Å². The van der Waals surface area contributed by atoms with Gasteiger partial charge >= 0.3 is 6.03 Å². The Morgan fingerprint density at radius 2 is 1.53 bits per heavy atom. The molecular weight excluding hydrogens is 719 g/mol. The van der Waals surface area contributed by atoms with Gasteiger partial charge in [0.1, 0.15) is 12.1 Å². The van der Waals surface area contributed by atoms with Crippen molar-refractivity contribution < 1.29 is 32.4 Å². The van der Waals surface area contributed by atoms with Gasteiger partial charge in [0.05, 0.1) is 22.1 Å². The number of hydrogen-bond donors (Lipinski definition) is 4. The Morgan fingerprint density at radius 3 is 2.09 bits per heavy atom. The molecule has 4 aliphatic carbocycles. The first-order valence-electron chi connectivity index (χ1n) is 21.0. The molecule has 4 saturated carbocycles. The molecule has 1 heterocycles. The summed E-state index contributed by atoms with van der Waals surface area (Å²) in [6.07, 6.45) is 17.1. The molecule has 5 aliphatic rings. The van der Waals surface area contributed by atoms with Crippen LogP contribution in [-0.2, 0) is 29.0 Å². The number of likely N-dealkylation sites (tertiary alicyclic amines) is 1. The van der Waals surface area contributed by atoms with Gasteiger partial charge in [-0.15, -0.1) is 12.3 Å². The third-order valence-corrected chi connectivity index (χ3v) is 17.4. The predicted molar refractivity (Wildman–Crippen MR) is 212 cm³/mol. The lowest BCUT2D eigenvalue weighted by molar-refractivity contribution is -0.146. The summed E-state index contributed by atoms with van der Waals surface area (Å²) in [5, 5.41) is 11.7. The van der Waals surface area contributed by atoms with Gasteiger partial charge in [0.25, 0.3) is 5.91 Å². The van der Waals surface area contributed by atoms with E-state index in [4.69, 9.17) is 6.42 Å². The second-order valence-electron chi connectivity index (χ2n) is 19.0. The molecule has 12 nitrogen and oxygen atoms in total. The van der Waals surface area contributed by atoms with E-state index in [1.165, 1.54) is 0 Å². The lowest BCUT2D eigenvalue weighted by atomic mass is 9.70. The topological polar surface area (TPSA) is 171 Å². The highest BCUT2D eigenvalue weighted by Crippen LogP contribution is 2.65. The van der Waals surface area contributed by atoms with Crippen LogP contribution in [0.3, 0.4) is 0 Å². The van der Waals surface area contributed by atoms with Gasteiger partial charge in [-0.25, -0.2) is 13.2 Å². The van der Waals surface area contributed by atoms with Crippen molar-refractivity contribution in [2.45, 2.75) is 173 Å². The first kappa shape index (κ1) is 43.0. The molecule has 0 bridgehead atoms. The second kappa shape index (κ2) is 16.8. The predicted octanol–water partition coefficient (Wildman–Crippen LogP) is 4.80. The number of sulfone groups is 1. The van der Waals surface area contributed by atoms with Gasteiger partial charge in [-0.1, -0.05) is 85.5 Å². The molecule has 55 heavy (non-hydrogen) atoms. The van der Waals surface area contributed by atoms with Crippen LogP contribution in [0.2, 0.25) is 0 Å². The molecule has 5 fully saturated rings. The van der Waals surface area contributed by atoms with Gasteiger partial charge in [0.2, 0.25) is 17.6 Å². The molecule has 1 unspecified atom stereocenters. The van der Waals surface area contributed by atoms with Crippen molar-refractivity contribution in [3.8, 4) is 12.3 Å². The molecule has 5 atom stereocenters. The normalized spacial score (nSPS) is 26.6. The van der Waals surface area contributed by atoms with Crippen LogP contribution in [-0.4, -0.2) is 90.1 Å². The fourth-order valence-corrected chi connectivity index (χ4v) is 11.8. The van der Waals surface area contributed by atoms with Crippen molar-refractivity contribution in [2.24, 2.45) is 28.6 Å². The first-order valence-corrected chi connectivity index (χ1v) is 22.6. The molecule has 1 aliphatic heterocycles. The summed E-state index contributed by atoms with van der Waals surface area (Å²) < 4.78 is 26.5. The number of nitrogens with one attached hydrogen (secondary N) is 4. The Balaban J connectivity index is 1.40. The number of nitrogens with zero attached hydrogens (tertiary/aromatic N) is 1. The fourth-order valence-electron chi connectivity index (χ4n) is 9.93. The summed E-state index contributed by atoms with van der Waals surface area (Å²) in [4.78, 5) is 71.6. The Bertz CT molecular complexity index is 1620. The monoisotopic (exact) mass is 785 g/mol. The van der Waals surface area contributed by atoms with Gasteiger partial charge < -0.3 is 26.2 Å². The lowest BCUT2D eigenvalue weighted by Gasteiger charge is -2.44. The Hall–Kier alpha value is -3.14. The average Bonchev–Trinajstić information content (AvgIpc) is 3.41. The summed E-state index contributed by atoms with van der Waals surface area (Å²) in [7, 11) is -3.59. The number of carbonyl (C=O) groups excluding carboxylic acids is 5. The minimum absolute atomic E-state index is 0.0614. The molecule has 4 N–H and O–H groups in total. The number of rotatable bonds is 16. The standard InChI is InChI=1S/C42H67N5O7S/c1-8-10-24-43-36(50)33(48)30(25-28-18-17-19-28)44-35(49)32-31-29(40(31,5)6)26-47(32)37(51)34(41(7)20-13-11-14-21-41)45-38(52)46-42(22-15-12-16-23-42)27-55(53,54)39(3,4)9-2/h1,28-32,34H,9-27H2,2-7H3,(H,43,50)(H,44,49)(H2,45,46,52)/t29-,30?,31-,32-,34+/m0/s1. The van der Waals surface area contributed by atoms with E-state index in [-0.39, 0.29) is 47.8 Å². The minimum Gasteiger partial charge on any atom is -0.348 e. The van der Waals surface area contributed by atoms with Crippen LogP contribution in [0.1, 0.15) is 144 Å². The van der Waals surface area contributed by atoms with Crippen molar-refractivity contribution >= 4 is 39.4 Å². The van der Waals surface area contributed by atoms with Crippen LogP contribution >= 0.6 is 0 Å². The van der Waals surface area contributed by atoms with Gasteiger partial charge in [-0.3, -0.25) is 19.2 Å². The summed E-state index contributed by atoms with van der Waals surface area (Å²) in [6, 6.07) is -3.43. The molecule has 5 amide bonds. The SMILES string of the molecule is C#CCCNC(=O)C(=O)C(CC1CCC1)NC(=O)[C@@H]1[C@@H]2[C@H](CN1C(=O)[C@@H](NC(=O)NC1(CS(=O)(=O)C(C)(C)CC)CCCCC1)C1(C)CCCCC1)C2(C)C. The Kier molecular flexibility index (Phi) is 13.1. The lowest BCUT2D eigenvalue weighted by Crippen LogP contribution is -2.65. The number of urea groups is 1. The largest absolute Gasteiger partial charge is 0.348 e. The quantitative estimate of drug-likeness (QED) is 0.0990. The molecule has 1 saturated heterocycles. The number of ketones is 1. The molecular formula is C42H67N5O7S. The van der Waals surface area contributed by atoms with E-state index in [0.29, 0.717) is 45.1 Å². The molecule has 0 spiro atoms. The zero-order valence-corrected chi connectivity index (χ0v) is 35.0. The average molecular weight is 786 g/mol. The van der Waals surface area contributed by atoms with E-state index in [1.807, 2.05) is 13.8 Å². The number of terminal acetylenes is 1. The number of amides is 5. The van der Waals surface area contributed by atoms with Crippen LogP contribution < -0.4 is 21.3 Å². The fraction of sp³-hybridized carbons (Fsp3) is 0.833. The maximum Gasteiger partial charge on any atom is 0.315 e. The van der Waals surface area contributed by atoms with Crippen molar-refractivity contribution in [3.05, 3.63) is 0 Å². The summed E-state index contributed by atoms with van der Waals surface area (Å²) in [6.45, 7) is 12.0. The van der Waals surface area contributed by atoms with Crippen LogP contribution in [0.25, 0.3) is 0 Å². The first-order chi connectivity index (χ1) is 25.8. The third kappa shape index (κ3) is 9.20. The van der Waals surface area contributed by atoms with Crippen molar-refractivity contribution in [1.29, 1.82) is 0 Å². The maximum absolute atomic E-state index is 15.0. The number of carbonyl (C=O) groups is 5. The minimum atomic E-state index is -3.59. The van der Waals surface area contributed by atoms with Crippen molar-refractivity contribution in [3.63, 3.8) is 0 Å². The van der Waals surface area contributed by atoms with Gasteiger partial charge in [0.15, 0.2) is 9.84 Å². The van der Waals surface area contributed by atoms with Crippen LogP contribution in [0.15, 0.2) is 0 Å². The zero-order valence-electron chi connectivity index (χ0n) is 34.2. The van der Waals surface area contributed by atoms with Crippen LogP contribution in [0.5, 0.6) is 0 Å². The molecule has 13 heteroatoms. The van der Waals surface area contributed by atoms with Crippen molar-refractivity contribution in [2.75, 3.05) is 18.8 Å². The summed E-state index contributed by atoms with van der Waals surface area (Å²) in [5.74, 6) is 0.108. The smallest absolute Gasteiger partial charge is 0.315 e. The van der Waals surface area contributed by atoms with Crippen molar-refractivity contribution in [1.82, 2.24) is 26.2 Å². The Morgan fingerprint density at radius 1 is 0.909 bits per heavy atom. The van der Waals surface area contributed by atoms with Gasteiger partial charge in [0, 0.05) is 19.5 Å². The van der Waals surface area contributed by atoms with Crippen LogP contribution in [0, 0.1) is 40.9 Å². The summed E-state index contributed by atoms with van der Waals surface area (Å²) >= 11 is 0. The highest BCUT2D eigenvalue weighted by Gasteiger charge is 2.70. The maximum atomic E-state index is 15.0. The third-order valence-electron chi connectivity index (χ3n) is 14.5. The highest BCUT2D eigenvalue weighted by atomic mass is 32.2. The molecule has 308 valence electrons. The van der Waals surface area contributed by atoms with Gasteiger partial charge in [-0.2, -0.15) is 0 Å². The number of hydrogen-bond acceptors (Lipinski definition) is 7.